The lowest BCUT2D eigenvalue weighted by atomic mass is 10.1. The molecule has 0 heterocycles. The van der Waals surface area contributed by atoms with E-state index in [4.69, 9.17) is 5.11 Å². The number of nitrogens with zero attached hydrogens (tertiary/aromatic N) is 1. The number of amides is 1. The lowest BCUT2D eigenvalue weighted by Gasteiger charge is -2.24. The average molecular weight is 289 g/mol. The van der Waals surface area contributed by atoms with Gasteiger partial charge in [0.15, 0.2) is 0 Å². The largest absolute Gasteiger partial charge is 0.481 e. The van der Waals surface area contributed by atoms with E-state index in [-0.39, 0.29) is 24.9 Å². The van der Waals surface area contributed by atoms with Gasteiger partial charge in [0.05, 0.1) is 6.42 Å². The van der Waals surface area contributed by atoms with Crippen LogP contribution in [0, 0.1) is 13.8 Å². The monoisotopic (exact) mass is 289 g/mol. The summed E-state index contributed by atoms with van der Waals surface area (Å²) in [7, 11) is 0. The number of hydrogen-bond donors (Lipinski definition) is 1. The molecule has 1 aromatic rings. The summed E-state index contributed by atoms with van der Waals surface area (Å²) in [5.41, 5.74) is 3.29. The molecule has 4 heteroatoms. The molecular formula is C17H23NO3. The van der Waals surface area contributed by atoms with Gasteiger partial charge in [-0.05, 0) is 44.9 Å². The van der Waals surface area contributed by atoms with Gasteiger partial charge in [0.2, 0.25) is 5.91 Å². The second-order valence-electron chi connectivity index (χ2n) is 5.46. The normalized spacial score (nSPS) is 11.1. The van der Waals surface area contributed by atoms with Gasteiger partial charge in [-0.25, -0.2) is 0 Å². The molecule has 0 aliphatic rings. The Balaban J connectivity index is 2.80. The Labute approximate surface area is 126 Å². The number of carbonyl (C=O) groups is 2. The third-order valence-corrected chi connectivity index (χ3v) is 3.30. The van der Waals surface area contributed by atoms with Crippen molar-refractivity contribution < 1.29 is 14.7 Å². The summed E-state index contributed by atoms with van der Waals surface area (Å²) >= 11 is 0. The highest BCUT2D eigenvalue weighted by atomic mass is 16.4. The molecular weight excluding hydrogens is 266 g/mol. The Morgan fingerprint density at radius 3 is 2.48 bits per heavy atom. The maximum Gasteiger partial charge on any atom is 0.305 e. The Kier molecular flexibility index (Phi) is 6.15. The smallest absolute Gasteiger partial charge is 0.305 e. The number of rotatable bonds is 6. The van der Waals surface area contributed by atoms with Crippen molar-refractivity contribution in [2.75, 3.05) is 6.54 Å². The van der Waals surface area contributed by atoms with Crippen LogP contribution < -0.4 is 0 Å². The molecule has 0 radical (unpaired) electrons. The molecule has 0 spiro atoms. The molecule has 4 nitrogen and oxygen atoms in total. The number of hydrogen-bond acceptors (Lipinski definition) is 2. The predicted molar refractivity (Wildman–Crippen MR) is 84.1 cm³/mol. The van der Waals surface area contributed by atoms with E-state index in [1.54, 1.807) is 11.0 Å². The third kappa shape index (κ3) is 5.42. The molecule has 0 aromatic heterocycles. The van der Waals surface area contributed by atoms with E-state index in [0.29, 0.717) is 0 Å². The molecule has 0 unspecified atom stereocenters. The minimum atomic E-state index is -0.896. The summed E-state index contributed by atoms with van der Waals surface area (Å²) in [5.74, 6) is -1.06. The van der Waals surface area contributed by atoms with Gasteiger partial charge in [-0.1, -0.05) is 23.8 Å². The van der Waals surface area contributed by atoms with E-state index >= 15 is 0 Å². The second kappa shape index (κ2) is 7.62. The SMILES string of the molecule is Cc1ccc(/C=C/C(=O)N(CCC(=O)O)C(C)C)c(C)c1. The number of benzene rings is 1. The molecule has 0 aliphatic heterocycles. The average Bonchev–Trinajstić information content (AvgIpc) is 2.37. The van der Waals surface area contributed by atoms with Gasteiger partial charge in [-0.3, -0.25) is 9.59 Å². The minimum Gasteiger partial charge on any atom is -0.481 e. The summed E-state index contributed by atoms with van der Waals surface area (Å²) in [6, 6.07) is 6.02. The molecule has 1 rings (SSSR count). The molecule has 0 aliphatic carbocycles. The lowest BCUT2D eigenvalue weighted by molar-refractivity contribution is -0.138. The van der Waals surface area contributed by atoms with E-state index in [1.165, 1.54) is 11.6 Å². The number of aliphatic carboxylic acids is 1. The fraction of sp³-hybridized carbons (Fsp3) is 0.412. The fourth-order valence-electron chi connectivity index (χ4n) is 2.11. The number of aryl methyl sites for hydroxylation is 2. The van der Waals surface area contributed by atoms with Crippen LogP contribution in [0.5, 0.6) is 0 Å². The molecule has 21 heavy (non-hydrogen) atoms. The highest BCUT2D eigenvalue weighted by molar-refractivity contribution is 5.92. The number of carboxylic acids is 1. The van der Waals surface area contributed by atoms with Crippen LogP contribution in [0.1, 0.15) is 37.0 Å². The molecule has 1 N–H and O–H groups in total. The van der Waals surface area contributed by atoms with Crippen LogP contribution in [0.2, 0.25) is 0 Å². The predicted octanol–water partition coefficient (Wildman–Crippen LogP) is 3.03. The second-order valence-corrected chi connectivity index (χ2v) is 5.46. The Morgan fingerprint density at radius 2 is 1.95 bits per heavy atom. The number of carboxylic acid groups (broad SMARTS) is 1. The van der Waals surface area contributed by atoms with Crippen molar-refractivity contribution in [3.05, 3.63) is 41.0 Å². The first-order chi connectivity index (χ1) is 9.81. The zero-order valence-electron chi connectivity index (χ0n) is 13.1. The zero-order chi connectivity index (χ0) is 16.0. The van der Waals surface area contributed by atoms with Crippen molar-refractivity contribution in [1.29, 1.82) is 0 Å². The highest BCUT2D eigenvalue weighted by Crippen LogP contribution is 2.13. The maximum absolute atomic E-state index is 12.2. The van der Waals surface area contributed by atoms with E-state index in [2.05, 4.69) is 6.07 Å². The van der Waals surface area contributed by atoms with Crippen LogP contribution in [0.3, 0.4) is 0 Å². The Morgan fingerprint density at radius 1 is 1.29 bits per heavy atom. The van der Waals surface area contributed by atoms with E-state index in [9.17, 15) is 9.59 Å². The molecule has 0 saturated heterocycles. The van der Waals surface area contributed by atoms with E-state index < -0.39 is 5.97 Å². The first kappa shape index (κ1) is 17.0. The van der Waals surface area contributed by atoms with Crippen molar-refractivity contribution in [3.8, 4) is 0 Å². The molecule has 0 atom stereocenters. The van der Waals surface area contributed by atoms with Crippen LogP contribution in [0.4, 0.5) is 0 Å². The summed E-state index contributed by atoms with van der Waals surface area (Å²) in [4.78, 5) is 24.4. The van der Waals surface area contributed by atoms with Gasteiger partial charge in [0.25, 0.3) is 0 Å². The van der Waals surface area contributed by atoms with Crippen molar-refractivity contribution in [3.63, 3.8) is 0 Å². The summed E-state index contributed by atoms with van der Waals surface area (Å²) < 4.78 is 0. The minimum absolute atomic E-state index is 0.0272. The first-order valence-electron chi connectivity index (χ1n) is 7.09. The molecule has 114 valence electrons. The molecule has 0 fully saturated rings. The van der Waals surface area contributed by atoms with E-state index in [1.807, 2.05) is 39.8 Å². The summed E-state index contributed by atoms with van der Waals surface area (Å²) in [6.45, 7) is 8.01. The lowest BCUT2D eigenvalue weighted by Crippen LogP contribution is -2.37. The molecule has 1 amide bonds. The topological polar surface area (TPSA) is 57.6 Å². The molecule has 0 bridgehead atoms. The number of carbonyl (C=O) groups excluding carboxylic acids is 1. The Hall–Kier alpha value is -2.10. The third-order valence-electron chi connectivity index (χ3n) is 3.30. The fourth-order valence-corrected chi connectivity index (χ4v) is 2.11. The van der Waals surface area contributed by atoms with Gasteiger partial charge in [-0.2, -0.15) is 0 Å². The maximum atomic E-state index is 12.2. The van der Waals surface area contributed by atoms with Gasteiger partial charge in [-0.15, -0.1) is 0 Å². The first-order valence-corrected chi connectivity index (χ1v) is 7.09. The summed E-state index contributed by atoms with van der Waals surface area (Å²) in [5, 5.41) is 8.74. The Bertz CT molecular complexity index is 547. The van der Waals surface area contributed by atoms with Crippen LogP contribution in [0.15, 0.2) is 24.3 Å². The molecule has 0 saturated carbocycles. The van der Waals surface area contributed by atoms with Gasteiger partial charge in [0.1, 0.15) is 0 Å². The van der Waals surface area contributed by atoms with Crippen LogP contribution in [-0.4, -0.2) is 34.5 Å². The van der Waals surface area contributed by atoms with Crippen molar-refractivity contribution >= 4 is 18.0 Å². The standard InChI is InChI=1S/C17H23NO3/c1-12(2)18(10-9-17(20)21)16(19)8-7-15-6-5-13(3)11-14(15)4/h5-8,11-12H,9-10H2,1-4H3,(H,20,21)/b8-7+. The van der Waals surface area contributed by atoms with Crippen molar-refractivity contribution in [1.82, 2.24) is 4.90 Å². The van der Waals surface area contributed by atoms with Gasteiger partial charge in [0, 0.05) is 18.7 Å². The van der Waals surface area contributed by atoms with Crippen LogP contribution in [0.25, 0.3) is 6.08 Å². The van der Waals surface area contributed by atoms with Gasteiger partial charge < -0.3 is 10.0 Å². The van der Waals surface area contributed by atoms with Crippen LogP contribution >= 0.6 is 0 Å². The van der Waals surface area contributed by atoms with E-state index in [0.717, 1.165) is 11.1 Å². The zero-order valence-corrected chi connectivity index (χ0v) is 13.1. The van der Waals surface area contributed by atoms with Crippen LogP contribution in [-0.2, 0) is 9.59 Å². The van der Waals surface area contributed by atoms with Crippen molar-refractivity contribution in [2.24, 2.45) is 0 Å². The summed E-state index contributed by atoms with van der Waals surface area (Å²) in [6.07, 6.45) is 3.26. The van der Waals surface area contributed by atoms with Crippen molar-refractivity contribution in [2.45, 2.75) is 40.2 Å². The van der Waals surface area contributed by atoms with Gasteiger partial charge >= 0.3 is 5.97 Å². The molecule has 1 aromatic carbocycles. The quantitative estimate of drug-likeness (QED) is 0.819. The highest BCUT2D eigenvalue weighted by Gasteiger charge is 2.15.